The van der Waals surface area contributed by atoms with Crippen LogP contribution in [0.4, 0.5) is 0 Å². The second-order valence-corrected chi connectivity index (χ2v) is 17.7. The Balaban J connectivity index is 0.831. The maximum Gasteiger partial charge on any atom is 0.338 e. The van der Waals surface area contributed by atoms with Gasteiger partial charge in [0.05, 0.1) is 22.3 Å². The second kappa shape index (κ2) is 22.3. The van der Waals surface area contributed by atoms with Gasteiger partial charge in [-0.25, -0.2) is 28.8 Å². The molecule has 0 aromatic heterocycles. The molecule has 0 saturated heterocycles. The highest BCUT2D eigenvalue weighted by Gasteiger charge is 2.49. The molecule has 0 N–H and O–H groups in total. The van der Waals surface area contributed by atoms with E-state index >= 15 is 0 Å². The van der Waals surface area contributed by atoms with Crippen molar-refractivity contribution in [2.75, 3.05) is 26.4 Å². The highest BCUT2D eigenvalue weighted by molar-refractivity contribution is 5.96. The zero-order valence-electron chi connectivity index (χ0n) is 38.5. The lowest BCUT2D eigenvalue weighted by molar-refractivity contribution is -0.139. The highest BCUT2D eigenvalue weighted by Crippen LogP contribution is 2.55. The largest absolute Gasteiger partial charge is 0.490 e. The van der Waals surface area contributed by atoms with Crippen LogP contribution in [0.2, 0.25) is 0 Å². The van der Waals surface area contributed by atoms with Crippen molar-refractivity contribution in [2.45, 2.75) is 107 Å². The Hall–Kier alpha value is -7.22. The first-order valence-corrected chi connectivity index (χ1v) is 23.7. The van der Waals surface area contributed by atoms with Gasteiger partial charge in [-0.2, -0.15) is 0 Å². The van der Waals surface area contributed by atoms with Crippen LogP contribution < -0.4 is 9.47 Å². The summed E-state index contributed by atoms with van der Waals surface area (Å²) in [5, 5.41) is 0. The van der Waals surface area contributed by atoms with Crippen LogP contribution in [0.15, 0.2) is 110 Å². The molecule has 2 saturated carbocycles. The average molecular weight is 941 g/mol. The van der Waals surface area contributed by atoms with E-state index in [4.69, 9.17) is 37.9 Å². The van der Waals surface area contributed by atoms with Crippen molar-refractivity contribution in [3.63, 3.8) is 0 Å². The molecule has 0 aliphatic heterocycles. The average Bonchev–Trinajstić information content (AvgIpc) is 3.96. The van der Waals surface area contributed by atoms with Crippen molar-refractivity contribution in [1.82, 2.24) is 0 Å². The zero-order chi connectivity index (χ0) is 48.3. The molecule has 1 spiro atoms. The minimum absolute atomic E-state index is 0.0715. The predicted octanol–water partition coefficient (Wildman–Crippen LogP) is 8.73. The third-order valence-electron chi connectivity index (χ3n) is 13.4. The SMILES string of the molecule is C=CC(=O)OCCOc1ccc(C(=O)OC2CCC(OC(=O)c3cccc4c3C3(CC4)CCc4cccc(C(=O)OC5CCC(OC(=O)c6ccc(OCCOC(=O)C=C)cc6)CC5)c43)CC2)cc1. The molecule has 69 heavy (non-hydrogen) atoms. The first kappa shape index (κ1) is 48.2. The number of ether oxygens (including phenoxy) is 8. The Morgan fingerprint density at radius 3 is 1.16 bits per heavy atom. The number of esters is 6. The summed E-state index contributed by atoms with van der Waals surface area (Å²) in [6.45, 7) is 7.16. The summed E-state index contributed by atoms with van der Waals surface area (Å²) in [6, 6.07) is 24.7. The lowest BCUT2D eigenvalue weighted by Crippen LogP contribution is -2.32. The van der Waals surface area contributed by atoms with Gasteiger partial charge < -0.3 is 37.9 Å². The van der Waals surface area contributed by atoms with E-state index in [-0.39, 0.29) is 50.8 Å². The van der Waals surface area contributed by atoms with Crippen LogP contribution in [0.25, 0.3) is 0 Å². The highest BCUT2D eigenvalue weighted by atomic mass is 16.6. The zero-order valence-corrected chi connectivity index (χ0v) is 38.5. The van der Waals surface area contributed by atoms with E-state index < -0.39 is 41.2 Å². The Morgan fingerprint density at radius 2 is 0.812 bits per heavy atom. The van der Waals surface area contributed by atoms with Gasteiger partial charge in [0.2, 0.25) is 0 Å². The number of hydrogen-bond donors (Lipinski definition) is 0. The van der Waals surface area contributed by atoms with Crippen molar-refractivity contribution in [2.24, 2.45) is 0 Å². The van der Waals surface area contributed by atoms with E-state index in [0.717, 1.165) is 60.1 Å². The fourth-order valence-corrected chi connectivity index (χ4v) is 10.0. The van der Waals surface area contributed by atoms with Gasteiger partial charge in [-0.1, -0.05) is 37.4 Å². The predicted molar refractivity (Wildman–Crippen MR) is 250 cm³/mol. The Labute approximate surface area is 400 Å². The Morgan fingerprint density at radius 1 is 0.464 bits per heavy atom. The van der Waals surface area contributed by atoms with Gasteiger partial charge in [0.25, 0.3) is 0 Å². The van der Waals surface area contributed by atoms with Gasteiger partial charge in [0.1, 0.15) is 62.3 Å². The van der Waals surface area contributed by atoms with Crippen LogP contribution >= 0.6 is 0 Å². The molecule has 4 aliphatic rings. The van der Waals surface area contributed by atoms with Crippen LogP contribution in [0.5, 0.6) is 11.5 Å². The first-order chi connectivity index (χ1) is 33.5. The molecule has 8 rings (SSSR count). The molecule has 14 nitrogen and oxygen atoms in total. The van der Waals surface area contributed by atoms with Gasteiger partial charge in [-0.3, -0.25) is 0 Å². The van der Waals surface area contributed by atoms with Gasteiger partial charge in [0, 0.05) is 17.6 Å². The van der Waals surface area contributed by atoms with Gasteiger partial charge in [-0.15, -0.1) is 0 Å². The number of fused-ring (bicyclic) bond motifs is 4. The fourth-order valence-electron chi connectivity index (χ4n) is 10.0. The summed E-state index contributed by atoms with van der Waals surface area (Å²) >= 11 is 0. The van der Waals surface area contributed by atoms with Gasteiger partial charge in [0.15, 0.2) is 0 Å². The first-order valence-electron chi connectivity index (χ1n) is 23.7. The Bertz CT molecular complexity index is 2370. The minimum atomic E-state index is -0.553. The van der Waals surface area contributed by atoms with Crippen LogP contribution in [0, 0.1) is 0 Å². The molecule has 4 aromatic rings. The molecule has 4 aromatic carbocycles. The van der Waals surface area contributed by atoms with E-state index in [0.29, 0.717) is 85.1 Å². The molecule has 4 aliphatic carbocycles. The standard InChI is InChI=1S/C55H56O14/c1-3-47(56)64-33-31-62-39-15-11-37(12-16-39)51(58)66-41-19-23-43(24-20-41)68-53(60)45-9-5-7-35-27-29-55(49(35)45)30-28-36-8-6-10-46(50(36)55)54(61)69-44-25-21-42(22-26-44)67-52(59)38-13-17-40(18-14-38)63-32-34-65-48(57)4-2/h3-18,41-44H,1-2,19-34H2. The Kier molecular flexibility index (Phi) is 15.6. The monoisotopic (exact) mass is 940 g/mol. The third kappa shape index (κ3) is 11.6. The molecule has 360 valence electrons. The van der Waals surface area contributed by atoms with Crippen LogP contribution in [-0.2, 0) is 56.3 Å². The molecular weight excluding hydrogens is 885 g/mol. The minimum Gasteiger partial charge on any atom is -0.490 e. The number of aryl methyl sites for hydroxylation is 2. The molecule has 14 heteroatoms. The van der Waals surface area contributed by atoms with Crippen molar-refractivity contribution < 1.29 is 66.7 Å². The smallest absolute Gasteiger partial charge is 0.338 e. The van der Waals surface area contributed by atoms with Crippen molar-refractivity contribution in [3.05, 3.63) is 155 Å². The summed E-state index contributed by atoms with van der Waals surface area (Å²) in [5.74, 6) is -1.71. The quantitative estimate of drug-likeness (QED) is 0.0401. The van der Waals surface area contributed by atoms with Gasteiger partial charge >= 0.3 is 35.8 Å². The van der Waals surface area contributed by atoms with Crippen LogP contribution in [-0.4, -0.2) is 86.7 Å². The number of benzene rings is 4. The summed E-state index contributed by atoms with van der Waals surface area (Å²) in [7, 11) is 0. The van der Waals surface area contributed by atoms with Crippen LogP contribution in [0.3, 0.4) is 0 Å². The van der Waals surface area contributed by atoms with Crippen LogP contribution in [0.1, 0.15) is 128 Å². The number of carbonyl (C=O) groups excluding carboxylic acids is 6. The molecular formula is C55H56O14. The lowest BCUT2D eigenvalue weighted by Gasteiger charge is -2.32. The van der Waals surface area contributed by atoms with Crippen molar-refractivity contribution >= 4 is 35.8 Å². The topological polar surface area (TPSA) is 176 Å². The second-order valence-electron chi connectivity index (χ2n) is 17.7. The summed E-state index contributed by atoms with van der Waals surface area (Å²) < 4.78 is 45.0. The van der Waals surface area contributed by atoms with E-state index in [1.165, 1.54) is 0 Å². The molecule has 0 unspecified atom stereocenters. The number of rotatable bonds is 18. The molecule has 0 heterocycles. The summed E-state index contributed by atoms with van der Waals surface area (Å²) in [4.78, 5) is 76.7. The summed E-state index contributed by atoms with van der Waals surface area (Å²) in [5.41, 5.74) is 5.25. The fraction of sp³-hybridized carbons (Fsp3) is 0.382. The van der Waals surface area contributed by atoms with E-state index in [1.54, 1.807) is 48.5 Å². The molecule has 0 amide bonds. The molecule has 0 atom stereocenters. The third-order valence-corrected chi connectivity index (χ3v) is 13.4. The van der Waals surface area contributed by atoms with Crippen molar-refractivity contribution in [1.29, 1.82) is 0 Å². The molecule has 0 radical (unpaired) electrons. The van der Waals surface area contributed by atoms with Crippen molar-refractivity contribution in [3.8, 4) is 11.5 Å². The maximum absolute atomic E-state index is 14.2. The molecule has 0 bridgehead atoms. The lowest BCUT2D eigenvalue weighted by atomic mass is 9.73. The maximum atomic E-state index is 14.2. The number of hydrogen-bond acceptors (Lipinski definition) is 14. The number of carbonyl (C=O) groups is 6. The summed E-state index contributed by atoms with van der Waals surface area (Å²) in [6.07, 6.45) is 8.20. The van der Waals surface area contributed by atoms with E-state index in [9.17, 15) is 28.8 Å². The molecule has 2 fully saturated rings. The van der Waals surface area contributed by atoms with E-state index in [2.05, 4.69) is 25.3 Å². The normalized spacial score (nSPS) is 21.1. The van der Waals surface area contributed by atoms with Gasteiger partial charge in [-0.05, 0) is 160 Å². The van der Waals surface area contributed by atoms with E-state index in [1.807, 2.05) is 24.3 Å².